The Kier molecular flexibility index (Phi) is 6.26. The molecular weight excluding hydrogens is 386 g/mol. The van der Waals surface area contributed by atoms with E-state index in [1.54, 1.807) is 12.1 Å². The highest BCUT2D eigenvalue weighted by Crippen LogP contribution is 2.31. The van der Waals surface area contributed by atoms with Crippen LogP contribution in [0.5, 0.6) is 0 Å². The minimum absolute atomic E-state index is 0.209. The minimum Gasteiger partial charge on any atom is -0.382 e. The zero-order chi connectivity index (χ0) is 18.6. The van der Waals surface area contributed by atoms with Crippen LogP contribution in [0, 0.1) is 0 Å². The molecule has 3 aromatic rings. The highest BCUT2D eigenvalue weighted by atomic mass is 32.2. The average molecular weight is 408 g/mol. The van der Waals surface area contributed by atoms with Crippen LogP contribution in [0.3, 0.4) is 0 Å². The summed E-state index contributed by atoms with van der Waals surface area (Å²) in [7, 11) is -3.55. The van der Waals surface area contributed by atoms with Gasteiger partial charge >= 0.3 is 0 Å². The summed E-state index contributed by atoms with van der Waals surface area (Å²) in [6.45, 7) is 2.30. The molecule has 4 nitrogen and oxygen atoms in total. The number of benzene rings is 1. The average Bonchev–Trinajstić information content (AvgIpc) is 3.32. The molecule has 1 aromatic carbocycles. The van der Waals surface area contributed by atoms with Gasteiger partial charge in [-0.25, -0.2) is 13.1 Å². The maximum atomic E-state index is 12.4. The van der Waals surface area contributed by atoms with Gasteiger partial charge in [-0.05, 0) is 47.7 Å². The second-order valence-corrected chi connectivity index (χ2v) is 9.89. The lowest BCUT2D eigenvalue weighted by Crippen LogP contribution is -2.22. The first-order valence-corrected chi connectivity index (χ1v) is 11.6. The largest absolute Gasteiger partial charge is 0.382 e. The van der Waals surface area contributed by atoms with Crippen molar-refractivity contribution in [3.63, 3.8) is 0 Å². The molecule has 7 heteroatoms. The van der Waals surface area contributed by atoms with Crippen LogP contribution in [0.4, 0.5) is 0 Å². The molecule has 0 saturated heterocycles. The van der Waals surface area contributed by atoms with E-state index >= 15 is 0 Å². The topological polar surface area (TPSA) is 66.4 Å². The predicted octanol–water partition coefficient (Wildman–Crippen LogP) is 4.32. The van der Waals surface area contributed by atoms with Crippen molar-refractivity contribution in [1.29, 1.82) is 0 Å². The molecule has 0 aliphatic heterocycles. The minimum atomic E-state index is -3.55. The van der Waals surface area contributed by atoms with Gasteiger partial charge in [0.2, 0.25) is 10.0 Å². The lowest BCUT2D eigenvalue weighted by Gasteiger charge is -2.07. The van der Waals surface area contributed by atoms with Gasteiger partial charge in [-0.3, -0.25) is 0 Å². The standard InChI is InChI=1S/C19H21NO3S3/c1-2-4-14-6-9-16(10-7-14)26(22,23)20-13-15-8-11-18(25-15)19(21)17-5-3-12-24-17/h3,5-12,19-21H,2,4,13H2,1H3. The number of nitrogens with one attached hydrogen (secondary N) is 1. The Balaban J connectivity index is 1.64. The van der Waals surface area contributed by atoms with Crippen LogP contribution < -0.4 is 4.72 Å². The van der Waals surface area contributed by atoms with E-state index in [9.17, 15) is 13.5 Å². The van der Waals surface area contributed by atoms with Crippen molar-refractivity contribution < 1.29 is 13.5 Å². The van der Waals surface area contributed by atoms with Crippen LogP contribution in [-0.4, -0.2) is 13.5 Å². The van der Waals surface area contributed by atoms with E-state index in [0.29, 0.717) is 0 Å². The first kappa shape index (κ1) is 19.3. The lowest BCUT2D eigenvalue weighted by molar-refractivity contribution is 0.228. The molecule has 1 unspecified atom stereocenters. The number of hydrogen-bond acceptors (Lipinski definition) is 5. The Morgan fingerprint density at radius 2 is 1.85 bits per heavy atom. The van der Waals surface area contributed by atoms with E-state index < -0.39 is 16.1 Å². The summed E-state index contributed by atoms with van der Waals surface area (Å²) in [5.41, 5.74) is 1.14. The number of aliphatic hydroxyl groups excluding tert-OH is 1. The zero-order valence-electron chi connectivity index (χ0n) is 14.4. The van der Waals surface area contributed by atoms with Crippen molar-refractivity contribution in [3.8, 4) is 0 Å². The summed E-state index contributed by atoms with van der Waals surface area (Å²) in [5.74, 6) is 0. The fourth-order valence-electron chi connectivity index (χ4n) is 2.60. The maximum Gasteiger partial charge on any atom is 0.240 e. The van der Waals surface area contributed by atoms with Gasteiger partial charge in [0.25, 0.3) is 0 Å². The second-order valence-electron chi connectivity index (χ2n) is 5.94. The molecule has 1 atom stereocenters. The second kappa shape index (κ2) is 8.45. The lowest BCUT2D eigenvalue weighted by atomic mass is 10.1. The van der Waals surface area contributed by atoms with Crippen molar-refractivity contribution in [2.45, 2.75) is 37.3 Å². The molecule has 0 aliphatic rings. The number of thiophene rings is 2. The van der Waals surface area contributed by atoms with Gasteiger partial charge in [0, 0.05) is 21.2 Å². The van der Waals surface area contributed by atoms with Gasteiger partial charge in [-0.2, -0.15) is 0 Å². The van der Waals surface area contributed by atoms with Crippen LogP contribution in [0.2, 0.25) is 0 Å². The third-order valence-electron chi connectivity index (χ3n) is 3.97. The molecule has 26 heavy (non-hydrogen) atoms. The fraction of sp³-hybridized carbons (Fsp3) is 0.263. The molecule has 0 bridgehead atoms. The van der Waals surface area contributed by atoms with Crippen molar-refractivity contribution in [1.82, 2.24) is 4.72 Å². The fourth-order valence-corrected chi connectivity index (χ4v) is 5.45. The molecule has 0 saturated carbocycles. The number of sulfonamides is 1. The Labute approximate surface area is 162 Å². The highest BCUT2D eigenvalue weighted by Gasteiger charge is 2.16. The molecule has 2 N–H and O–H groups in total. The van der Waals surface area contributed by atoms with Crippen molar-refractivity contribution in [3.05, 3.63) is 74.1 Å². The van der Waals surface area contributed by atoms with E-state index in [1.807, 2.05) is 41.8 Å². The molecule has 0 spiro atoms. The molecule has 0 fully saturated rings. The summed E-state index contributed by atoms with van der Waals surface area (Å²) < 4.78 is 27.5. The van der Waals surface area contributed by atoms with Gasteiger partial charge in [0.15, 0.2) is 0 Å². The van der Waals surface area contributed by atoms with Gasteiger partial charge in [0.1, 0.15) is 6.10 Å². The Morgan fingerprint density at radius 3 is 2.50 bits per heavy atom. The Bertz CT molecular complexity index is 929. The molecular formula is C19H21NO3S3. The molecule has 0 aliphatic carbocycles. The van der Waals surface area contributed by atoms with Crippen LogP contribution in [-0.2, 0) is 23.0 Å². The van der Waals surface area contributed by atoms with Gasteiger partial charge in [-0.1, -0.05) is 31.5 Å². The summed E-state index contributed by atoms with van der Waals surface area (Å²) in [5, 5.41) is 12.3. The quantitative estimate of drug-likeness (QED) is 0.584. The van der Waals surface area contributed by atoms with Gasteiger partial charge in [0.05, 0.1) is 4.90 Å². The molecule has 0 radical (unpaired) electrons. The SMILES string of the molecule is CCCc1ccc(S(=O)(=O)NCc2ccc(C(O)c3cccs3)s2)cc1. The van der Waals surface area contributed by atoms with E-state index in [2.05, 4.69) is 11.6 Å². The van der Waals surface area contributed by atoms with Gasteiger partial charge in [-0.15, -0.1) is 22.7 Å². The monoisotopic (exact) mass is 407 g/mol. The third kappa shape index (κ3) is 4.61. The third-order valence-corrected chi connectivity index (χ3v) is 7.45. The first-order chi connectivity index (χ1) is 12.5. The number of aliphatic hydroxyl groups is 1. The van der Waals surface area contributed by atoms with Crippen molar-refractivity contribution in [2.75, 3.05) is 0 Å². The van der Waals surface area contributed by atoms with Crippen molar-refractivity contribution in [2.24, 2.45) is 0 Å². The number of aryl methyl sites for hydroxylation is 1. The van der Waals surface area contributed by atoms with E-state index in [-0.39, 0.29) is 11.4 Å². The van der Waals surface area contributed by atoms with Gasteiger partial charge < -0.3 is 5.11 Å². The van der Waals surface area contributed by atoms with Crippen molar-refractivity contribution >= 4 is 32.7 Å². The Morgan fingerprint density at radius 1 is 1.08 bits per heavy atom. The molecule has 3 rings (SSSR count). The molecule has 138 valence electrons. The van der Waals surface area contributed by atoms with E-state index in [4.69, 9.17) is 0 Å². The molecule has 0 amide bonds. The summed E-state index contributed by atoms with van der Waals surface area (Å²) in [6, 6.07) is 14.5. The van der Waals surface area contributed by atoms with Crippen LogP contribution in [0.1, 0.15) is 39.6 Å². The summed E-state index contributed by atoms with van der Waals surface area (Å²) >= 11 is 2.91. The van der Waals surface area contributed by atoms with E-state index in [0.717, 1.165) is 33.0 Å². The highest BCUT2D eigenvalue weighted by molar-refractivity contribution is 7.89. The zero-order valence-corrected chi connectivity index (χ0v) is 16.8. The summed E-state index contributed by atoms with van der Waals surface area (Å²) in [6.07, 6.45) is 1.32. The first-order valence-electron chi connectivity index (χ1n) is 8.38. The maximum absolute atomic E-state index is 12.4. The van der Waals surface area contributed by atoms with E-state index in [1.165, 1.54) is 22.7 Å². The number of rotatable bonds is 8. The molecule has 2 heterocycles. The van der Waals surface area contributed by atoms with Crippen LogP contribution in [0.25, 0.3) is 0 Å². The predicted molar refractivity (Wildman–Crippen MR) is 107 cm³/mol. The smallest absolute Gasteiger partial charge is 0.240 e. The summed E-state index contributed by atoms with van der Waals surface area (Å²) in [4.78, 5) is 2.83. The normalized spacial score (nSPS) is 13.0. The molecule has 2 aromatic heterocycles. The Hall–Kier alpha value is -1.51. The van der Waals surface area contributed by atoms with Crippen LogP contribution >= 0.6 is 22.7 Å². The van der Waals surface area contributed by atoms with Crippen LogP contribution in [0.15, 0.2) is 58.8 Å². The number of hydrogen-bond donors (Lipinski definition) is 2.